The van der Waals surface area contributed by atoms with E-state index in [-0.39, 0.29) is 23.8 Å². The van der Waals surface area contributed by atoms with Crippen LogP contribution in [0.25, 0.3) is 5.69 Å². The Morgan fingerprint density at radius 3 is 2.87 bits per heavy atom. The molecule has 0 saturated carbocycles. The van der Waals surface area contributed by atoms with Crippen LogP contribution in [0.4, 0.5) is 4.39 Å². The second kappa shape index (κ2) is 6.50. The Morgan fingerprint density at radius 2 is 2.13 bits per heavy atom. The zero-order chi connectivity index (χ0) is 16.4. The molecule has 1 aromatic heterocycles. The first-order chi connectivity index (χ1) is 11.1. The number of aromatic nitrogens is 2. The number of piperidine rings is 1. The fourth-order valence-corrected chi connectivity index (χ4v) is 3.11. The number of benzene rings is 1. The van der Waals surface area contributed by atoms with Gasteiger partial charge in [0.2, 0.25) is 0 Å². The highest BCUT2D eigenvalue weighted by Crippen LogP contribution is 2.21. The zero-order valence-electron chi connectivity index (χ0n) is 13.2. The summed E-state index contributed by atoms with van der Waals surface area (Å²) in [4.78, 5) is 14.6. The average Bonchev–Trinajstić information content (AvgIpc) is 3.04. The van der Waals surface area contributed by atoms with Gasteiger partial charge in [0.1, 0.15) is 11.5 Å². The van der Waals surface area contributed by atoms with Crippen LogP contribution in [0.3, 0.4) is 0 Å². The number of hydrogen-bond acceptors (Lipinski definition) is 3. The summed E-state index contributed by atoms with van der Waals surface area (Å²) in [5, 5.41) is 4.25. The predicted molar refractivity (Wildman–Crippen MR) is 85.8 cm³/mol. The van der Waals surface area contributed by atoms with Gasteiger partial charge in [0.25, 0.3) is 5.91 Å². The van der Waals surface area contributed by atoms with E-state index in [1.807, 2.05) is 11.8 Å². The van der Waals surface area contributed by atoms with E-state index < -0.39 is 0 Å². The van der Waals surface area contributed by atoms with E-state index in [9.17, 15) is 9.18 Å². The first-order valence-corrected chi connectivity index (χ1v) is 7.95. The number of carbonyl (C=O) groups excluding carboxylic acids is 1. The number of halogens is 1. The van der Waals surface area contributed by atoms with Crippen LogP contribution in [0.1, 0.15) is 36.7 Å². The minimum absolute atomic E-state index is 0.0369. The van der Waals surface area contributed by atoms with E-state index in [0.717, 1.165) is 19.3 Å². The summed E-state index contributed by atoms with van der Waals surface area (Å²) in [6.45, 7) is 2.62. The standard InChI is InChI=1S/C17H21FN4O/c1-12(19)15-7-4-5-10-21(15)17(23)14-9-11-22(20-14)16-8-3-2-6-13(16)18/h2-3,6,8-9,11-12,15H,4-5,7,10,19H2,1H3/t12-,15-/m0/s1. The Labute approximate surface area is 134 Å². The first kappa shape index (κ1) is 15.7. The van der Waals surface area contributed by atoms with Gasteiger partial charge in [0, 0.05) is 24.8 Å². The molecule has 1 aromatic carbocycles. The number of nitrogens with zero attached hydrogens (tertiary/aromatic N) is 3. The lowest BCUT2D eigenvalue weighted by molar-refractivity contribution is 0.0577. The highest BCUT2D eigenvalue weighted by Gasteiger charge is 2.30. The molecule has 0 aliphatic carbocycles. The molecular formula is C17H21FN4O. The second-order valence-corrected chi connectivity index (χ2v) is 6.02. The van der Waals surface area contributed by atoms with Gasteiger partial charge in [-0.25, -0.2) is 9.07 Å². The van der Waals surface area contributed by atoms with Crippen LogP contribution in [0.5, 0.6) is 0 Å². The fraction of sp³-hybridized carbons (Fsp3) is 0.412. The molecule has 2 aromatic rings. The van der Waals surface area contributed by atoms with Crippen molar-refractivity contribution < 1.29 is 9.18 Å². The third-order valence-corrected chi connectivity index (χ3v) is 4.32. The van der Waals surface area contributed by atoms with Crippen LogP contribution >= 0.6 is 0 Å². The lowest BCUT2D eigenvalue weighted by atomic mass is 9.96. The van der Waals surface area contributed by atoms with Gasteiger partial charge in [-0.2, -0.15) is 5.10 Å². The van der Waals surface area contributed by atoms with Crippen molar-refractivity contribution in [1.82, 2.24) is 14.7 Å². The SMILES string of the molecule is C[C@H](N)[C@@H]1CCCCN1C(=O)c1ccn(-c2ccccc2F)n1. The van der Waals surface area contributed by atoms with E-state index in [4.69, 9.17) is 5.73 Å². The average molecular weight is 316 g/mol. The molecule has 3 rings (SSSR count). The number of amides is 1. The van der Waals surface area contributed by atoms with Crippen molar-refractivity contribution in [2.75, 3.05) is 6.54 Å². The van der Waals surface area contributed by atoms with Crippen molar-refractivity contribution in [1.29, 1.82) is 0 Å². The maximum absolute atomic E-state index is 13.8. The van der Waals surface area contributed by atoms with Gasteiger partial charge in [-0.3, -0.25) is 4.79 Å². The van der Waals surface area contributed by atoms with E-state index in [1.165, 1.54) is 10.7 Å². The van der Waals surface area contributed by atoms with Gasteiger partial charge in [-0.05, 0) is 44.4 Å². The molecule has 0 spiro atoms. The number of nitrogens with two attached hydrogens (primary N) is 1. The molecule has 6 heteroatoms. The van der Waals surface area contributed by atoms with Crippen molar-refractivity contribution in [3.8, 4) is 5.69 Å². The monoisotopic (exact) mass is 316 g/mol. The number of para-hydroxylation sites is 1. The van der Waals surface area contributed by atoms with E-state index >= 15 is 0 Å². The first-order valence-electron chi connectivity index (χ1n) is 7.95. The lowest BCUT2D eigenvalue weighted by Crippen LogP contribution is -2.51. The Hall–Kier alpha value is -2.21. The lowest BCUT2D eigenvalue weighted by Gasteiger charge is -2.37. The fourth-order valence-electron chi connectivity index (χ4n) is 3.11. The third kappa shape index (κ3) is 3.12. The van der Waals surface area contributed by atoms with Crippen LogP contribution in [0.2, 0.25) is 0 Å². The summed E-state index contributed by atoms with van der Waals surface area (Å²) < 4.78 is 15.2. The number of carbonyl (C=O) groups is 1. The van der Waals surface area contributed by atoms with Crippen molar-refractivity contribution in [3.05, 3.63) is 48.0 Å². The number of rotatable bonds is 3. The van der Waals surface area contributed by atoms with E-state index in [0.29, 0.717) is 17.9 Å². The molecule has 1 aliphatic heterocycles. The van der Waals surface area contributed by atoms with Gasteiger partial charge < -0.3 is 10.6 Å². The quantitative estimate of drug-likeness (QED) is 0.945. The molecular weight excluding hydrogens is 295 g/mol. The summed E-state index contributed by atoms with van der Waals surface area (Å²) in [7, 11) is 0. The summed E-state index contributed by atoms with van der Waals surface area (Å²) in [6.07, 6.45) is 4.58. The van der Waals surface area contributed by atoms with Gasteiger partial charge >= 0.3 is 0 Å². The second-order valence-electron chi connectivity index (χ2n) is 6.02. The van der Waals surface area contributed by atoms with Crippen LogP contribution < -0.4 is 5.73 Å². The Morgan fingerprint density at radius 1 is 1.35 bits per heavy atom. The van der Waals surface area contributed by atoms with Gasteiger partial charge in [-0.15, -0.1) is 0 Å². The smallest absolute Gasteiger partial charge is 0.274 e. The molecule has 0 radical (unpaired) electrons. The highest BCUT2D eigenvalue weighted by molar-refractivity contribution is 5.92. The normalized spacial score (nSPS) is 19.6. The van der Waals surface area contributed by atoms with E-state index in [1.54, 1.807) is 30.5 Å². The Bertz CT molecular complexity index is 697. The van der Waals surface area contributed by atoms with Crippen LogP contribution in [-0.4, -0.2) is 39.2 Å². The zero-order valence-corrected chi connectivity index (χ0v) is 13.2. The van der Waals surface area contributed by atoms with E-state index in [2.05, 4.69) is 5.10 Å². The predicted octanol–water partition coefficient (Wildman–Crippen LogP) is 2.35. The molecule has 5 nitrogen and oxygen atoms in total. The van der Waals surface area contributed by atoms with Crippen LogP contribution in [0, 0.1) is 5.82 Å². The van der Waals surface area contributed by atoms with Crippen molar-refractivity contribution in [3.63, 3.8) is 0 Å². The number of hydrogen-bond donors (Lipinski definition) is 1. The largest absolute Gasteiger partial charge is 0.333 e. The van der Waals surface area contributed by atoms with Gasteiger partial charge in [0.05, 0.1) is 0 Å². The van der Waals surface area contributed by atoms with Gasteiger partial charge in [-0.1, -0.05) is 12.1 Å². The molecule has 0 bridgehead atoms. The van der Waals surface area contributed by atoms with Gasteiger partial charge in [0.15, 0.2) is 5.69 Å². The van der Waals surface area contributed by atoms with Crippen LogP contribution in [0.15, 0.2) is 36.5 Å². The van der Waals surface area contributed by atoms with Crippen LogP contribution in [-0.2, 0) is 0 Å². The molecule has 2 heterocycles. The van der Waals surface area contributed by atoms with Crippen molar-refractivity contribution in [2.24, 2.45) is 5.73 Å². The summed E-state index contributed by atoms with van der Waals surface area (Å²) in [5.41, 5.74) is 6.67. The summed E-state index contributed by atoms with van der Waals surface area (Å²) in [6, 6.07) is 7.94. The minimum Gasteiger partial charge on any atom is -0.333 e. The summed E-state index contributed by atoms with van der Waals surface area (Å²) in [5.74, 6) is -0.511. The third-order valence-electron chi connectivity index (χ3n) is 4.32. The van der Waals surface area contributed by atoms with Crippen molar-refractivity contribution in [2.45, 2.75) is 38.3 Å². The Balaban J connectivity index is 1.85. The molecule has 1 saturated heterocycles. The number of likely N-dealkylation sites (tertiary alicyclic amines) is 1. The van der Waals surface area contributed by atoms with Crippen molar-refractivity contribution >= 4 is 5.91 Å². The molecule has 2 atom stereocenters. The maximum atomic E-state index is 13.8. The minimum atomic E-state index is -0.374. The summed E-state index contributed by atoms with van der Waals surface area (Å²) >= 11 is 0. The molecule has 122 valence electrons. The molecule has 0 unspecified atom stereocenters. The molecule has 2 N–H and O–H groups in total. The Kier molecular flexibility index (Phi) is 4.43. The molecule has 1 amide bonds. The molecule has 1 fully saturated rings. The molecule has 1 aliphatic rings. The highest BCUT2D eigenvalue weighted by atomic mass is 19.1. The maximum Gasteiger partial charge on any atom is 0.274 e. The molecule has 23 heavy (non-hydrogen) atoms. The topological polar surface area (TPSA) is 64.2 Å².